The molecular weight excluding hydrogens is 528 g/mol. The SMILES string of the molecule is CCCN1CCc2c(sc(NC(=O)c3ccc(S(=O)(=O)N4CCC(C(=O)OCC)CC4)cc3)c2C(N)=O)C1. The fourth-order valence-corrected chi connectivity index (χ4v) is 7.77. The van der Waals surface area contributed by atoms with Gasteiger partial charge in [-0.25, -0.2) is 8.42 Å². The molecule has 2 amide bonds. The van der Waals surface area contributed by atoms with Gasteiger partial charge in [0.25, 0.3) is 11.8 Å². The number of carbonyl (C=O) groups is 3. The number of carbonyl (C=O) groups excluding carboxylic acids is 3. The quantitative estimate of drug-likeness (QED) is 0.448. The van der Waals surface area contributed by atoms with Crippen molar-refractivity contribution in [1.29, 1.82) is 0 Å². The summed E-state index contributed by atoms with van der Waals surface area (Å²) in [6.45, 7) is 7.12. The molecule has 1 aromatic carbocycles. The highest BCUT2D eigenvalue weighted by molar-refractivity contribution is 7.89. The van der Waals surface area contributed by atoms with Gasteiger partial charge < -0.3 is 15.8 Å². The van der Waals surface area contributed by atoms with Crippen molar-refractivity contribution in [3.63, 3.8) is 0 Å². The smallest absolute Gasteiger partial charge is 0.309 e. The Bertz CT molecular complexity index is 1300. The number of hydrogen-bond acceptors (Lipinski definition) is 8. The molecule has 0 spiro atoms. The Morgan fingerprint density at radius 3 is 2.39 bits per heavy atom. The summed E-state index contributed by atoms with van der Waals surface area (Å²) >= 11 is 1.36. The van der Waals surface area contributed by atoms with Gasteiger partial charge in [0.15, 0.2) is 0 Å². The van der Waals surface area contributed by atoms with E-state index in [0.29, 0.717) is 43.0 Å². The van der Waals surface area contributed by atoms with Gasteiger partial charge in [0, 0.05) is 36.6 Å². The van der Waals surface area contributed by atoms with E-state index in [2.05, 4.69) is 17.1 Å². The highest BCUT2D eigenvalue weighted by Crippen LogP contribution is 2.37. The number of sulfonamides is 1. The minimum atomic E-state index is -3.77. The Hall–Kier alpha value is -2.80. The molecule has 0 radical (unpaired) electrons. The minimum absolute atomic E-state index is 0.0732. The van der Waals surface area contributed by atoms with E-state index in [4.69, 9.17) is 10.5 Å². The number of fused-ring (bicyclic) bond motifs is 1. The molecular formula is C26H34N4O6S2. The number of benzene rings is 1. The molecule has 4 rings (SSSR count). The third-order valence-electron chi connectivity index (χ3n) is 6.98. The van der Waals surface area contributed by atoms with E-state index in [1.165, 1.54) is 39.9 Å². The number of hydrogen-bond donors (Lipinski definition) is 2. The minimum Gasteiger partial charge on any atom is -0.466 e. The molecule has 3 N–H and O–H groups in total. The summed E-state index contributed by atoms with van der Waals surface area (Å²) in [5.41, 5.74) is 7.20. The van der Waals surface area contributed by atoms with Crippen LogP contribution in [0.1, 0.15) is 64.3 Å². The Balaban J connectivity index is 1.45. The average Bonchev–Trinajstić information content (AvgIpc) is 3.26. The van der Waals surface area contributed by atoms with E-state index in [9.17, 15) is 22.8 Å². The number of primary amides is 1. The van der Waals surface area contributed by atoms with Crippen molar-refractivity contribution >= 4 is 44.1 Å². The number of ether oxygens (including phenoxy) is 1. The van der Waals surface area contributed by atoms with Crippen LogP contribution in [0, 0.1) is 5.92 Å². The second kappa shape index (κ2) is 11.9. The lowest BCUT2D eigenvalue weighted by Gasteiger charge is -2.30. The van der Waals surface area contributed by atoms with Crippen molar-refractivity contribution in [2.45, 2.75) is 51.0 Å². The summed E-state index contributed by atoms with van der Waals surface area (Å²) in [6, 6.07) is 5.71. The average molecular weight is 563 g/mol. The van der Waals surface area contributed by atoms with Crippen LogP contribution in [-0.4, -0.2) is 68.2 Å². The third-order valence-corrected chi connectivity index (χ3v) is 10.0. The zero-order valence-corrected chi connectivity index (χ0v) is 23.3. The number of nitrogens with one attached hydrogen (secondary N) is 1. The fourth-order valence-electron chi connectivity index (χ4n) is 5.01. The second-order valence-electron chi connectivity index (χ2n) is 9.51. The van der Waals surface area contributed by atoms with Crippen LogP contribution >= 0.6 is 11.3 Å². The maximum absolute atomic E-state index is 13.1. The van der Waals surface area contributed by atoms with Gasteiger partial charge in [-0.2, -0.15) is 4.31 Å². The van der Waals surface area contributed by atoms with Crippen LogP contribution in [0.4, 0.5) is 5.00 Å². The topological polar surface area (TPSA) is 139 Å². The van der Waals surface area contributed by atoms with Crippen LogP contribution in [0.25, 0.3) is 0 Å². The molecule has 0 saturated carbocycles. The van der Waals surface area contributed by atoms with Gasteiger partial charge in [0.1, 0.15) is 5.00 Å². The predicted octanol–water partition coefficient (Wildman–Crippen LogP) is 2.83. The summed E-state index contributed by atoms with van der Waals surface area (Å²) in [7, 11) is -3.77. The van der Waals surface area contributed by atoms with Crippen molar-refractivity contribution in [3.8, 4) is 0 Å². The molecule has 0 bridgehead atoms. The van der Waals surface area contributed by atoms with Crippen LogP contribution in [-0.2, 0) is 32.5 Å². The second-order valence-corrected chi connectivity index (χ2v) is 12.6. The molecule has 0 unspecified atom stereocenters. The van der Waals surface area contributed by atoms with Gasteiger partial charge in [-0.05, 0) is 69.0 Å². The molecule has 38 heavy (non-hydrogen) atoms. The van der Waals surface area contributed by atoms with Crippen molar-refractivity contribution in [1.82, 2.24) is 9.21 Å². The Morgan fingerprint density at radius 2 is 1.79 bits per heavy atom. The summed E-state index contributed by atoms with van der Waals surface area (Å²) in [5.74, 6) is -1.61. The summed E-state index contributed by atoms with van der Waals surface area (Å²) in [5, 5.41) is 3.24. The van der Waals surface area contributed by atoms with E-state index in [1.54, 1.807) is 6.92 Å². The molecule has 10 nitrogen and oxygen atoms in total. The lowest BCUT2D eigenvalue weighted by atomic mass is 9.98. The van der Waals surface area contributed by atoms with Crippen molar-refractivity contribution in [2.24, 2.45) is 11.7 Å². The Kier molecular flexibility index (Phi) is 8.86. The van der Waals surface area contributed by atoms with E-state index in [0.717, 1.165) is 30.0 Å². The molecule has 12 heteroatoms. The van der Waals surface area contributed by atoms with Crippen molar-refractivity contribution < 1.29 is 27.5 Å². The van der Waals surface area contributed by atoms with Crippen LogP contribution in [0.15, 0.2) is 29.2 Å². The number of thiophene rings is 1. The molecule has 206 valence electrons. The first-order chi connectivity index (χ1) is 18.1. The maximum atomic E-state index is 13.1. The third kappa shape index (κ3) is 5.93. The van der Waals surface area contributed by atoms with Gasteiger partial charge in [0.2, 0.25) is 10.0 Å². The van der Waals surface area contributed by atoms with E-state index in [1.807, 2.05) is 0 Å². The van der Waals surface area contributed by atoms with Gasteiger partial charge in [-0.3, -0.25) is 19.3 Å². The van der Waals surface area contributed by atoms with Crippen LogP contribution in [0.3, 0.4) is 0 Å². The van der Waals surface area contributed by atoms with E-state index < -0.39 is 21.8 Å². The molecule has 0 aliphatic carbocycles. The van der Waals surface area contributed by atoms with Gasteiger partial charge in [0.05, 0.1) is 23.0 Å². The number of rotatable bonds is 9. The predicted molar refractivity (Wildman–Crippen MR) is 145 cm³/mol. The van der Waals surface area contributed by atoms with Crippen molar-refractivity contribution in [2.75, 3.05) is 38.1 Å². The molecule has 2 aliphatic rings. The summed E-state index contributed by atoms with van der Waals surface area (Å²) < 4.78 is 32.7. The van der Waals surface area contributed by atoms with Gasteiger partial charge in [-0.1, -0.05) is 6.92 Å². The molecule has 3 heterocycles. The lowest BCUT2D eigenvalue weighted by Crippen LogP contribution is -2.40. The first kappa shape index (κ1) is 28.2. The first-order valence-electron chi connectivity index (χ1n) is 12.9. The zero-order chi connectivity index (χ0) is 27.4. The number of esters is 1. The van der Waals surface area contributed by atoms with E-state index >= 15 is 0 Å². The Labute approximate surface area is 227 Å². The summed E-state index contributed by atoms with van der Waals surface area (Å²) in [4.78, 5) is 40.6. The molecule has 2 aliphatic heterocycles. The fraction of sp³-hybridized carbons (Fsp3) is 0.500. The van der Waals surface area contributed by atoms with Crippen LogP contribution in [0.2, 0.25) is 0 Å². The lowest BCUT2D eigenvalue weighted by molar-refractivity contribution is -0.149. The zero-order valence-electron chi connectivity index (χ0n) is 21.7. The van der Waals surface area contributed by atoms with Crippen molar-refractivity contribution in [3.05, 3.63) is 45.8 Å². The van der Waals surface area contributed by atoms with Gasteiger partial charge in [-0.15, -0.1) is 11.3 Å². The number of amides is 2. The van der Waals surface area contributed by atoms with Gasteiger partial charge >= 0.3 is 5.97 Å². The number of nitrogens with zero attached hydrogens (tertiary/aromatic N) is 2. The number of nitrogens with two attached hydrogens (primary N) is 1. The molecule has 1 aromatic heterocycles. The standard InChI is InChI=1S/C26H34N4O6S2/c1-3-12-29-13-11-20-21(16-29)37-25(22(20)23(27)31)28-24(32)17-5-7-19(8-6-17)38(34,35)30-14-9-18(10-15-30)26(33)36-4-2/h5-8,18H,3-4,9-16H2,1-2H3,(H2,27,31)(H,28,32). The Morgan fingerprint density at radius 1 is 1.11 bits per heavy atom. The number of anilines is 1. The molecule has 2 aromatic rings. The molecule has 1 saturated heterocycles. The van der Waals surface area contributed by atoms with Crippen LogP contribution in [0.5, 0.6) is 0 Å². The first-order valence-corrected chi connectivity index (χ1v) is 15.2. The molecule has 0 atom stereocenters. The monoisotopic (exact) mass is 562 g/mol. The van der Waals surface area contributed by atoms with E-state index in [-0.39, 0.29) is 35.4 Å². The maximum Gasteiger partial charge on any atom is 0.309 e. The summed E-state index contributed by atoms with van der Waals surface area (Å²) in [6.07, 6.45) is 2.54. The normalized spacial score (nSPS) is 17.1. The number of piperidine rings is 1. The highest BCUT2D eigenvalue weighted by Gasteiger charge is 2.33. The largest absolute Gasteiger partial charge is 0.466 e. The highest BCUT2D eigenvalue weighted by atomic mass is 32.2. The molecule has 1 fully saturated rings. The van der Waals surface area contributed by atoms with Crippen LogP contribution < -0.4 is 11.1 Å².